The molecule has 2 aromatic rings. The minimum Gasteiger partial charge on any atom is -0.507 e. The van der Waals surface area contributed by atoms with Gasteiger partial charge in [-0.15, -0.1) is 0 Å². The molecule has 0 radical (unpaired) electrons. The third-order valence-corrected chi connectivity index (χ3v) is 20.5. The summed E-state index contributed by atoms with van der Waals surface area (Å²) in [6.07, 6.45) is 4.14. The molecular weight excluding hydrogens is 613 g/mol. The Morgan fingerprint density at radius 2 is 1.65 bits per heavy atom. The second-order valence-electron chi connectivity index (χ2n) is 17.5. The Morgan fingerprint density at radius 3 is 2.17 bits per heavy atom. The molecule has 2 aliphatic heterocycles. The normalized spacial score (nSPS) is 26.8. The van der Waals surface area contributed by atoms with E-state index in [1.54, 1.807) is 0 Å². The van der Waals surface area contributed by atoms with Gasteiger partial charge in [-0.05, 0) is 73.1 Å². The average Bonchev–Trinajstić information content (AvgIpc) is 3.53. The molecule has 2 aliphatic rings. The van der Waals surface area contributed by atoms with E-state index in [1.165, 1.54) is 0 Å². The minimum atomic E-state index is -2.18. The van der Waals surface area contributed by atoms with E-state index in [2.05, 4.69) is 101 Å². The maximum Gasteiger partial charge on any atom is 0.192 e. The Kier molecular flexibility index (Phi) is 10.8. The summed E-state index contributed by atoms with van der Waals surface area (Å²) in [6.45, 7) is 31.4. The van der Waals surface area contributed by atoms with Crippen LogP contribution < -0.4 is 0 Å². The van der Waals surface area contributed by atoms with E-state index in [9.17, 15) is 10.2 Å². The van der Waals surface area contributed by atoms with Crippen molar-refractivity contribution in [2.45, 2.75) is 180 Å². The molecule has 0 aliphatic carbocycles. The Hall–Kier alpha value is -1.21. The Balaban J connectivity index is 1.78. The summed E-state index contributed by atoms with van der Waals surface area (Å²) in [5, 5.41) is 24.3. The van der Waals surface area contributed by atoms with Crippen molar-refractivity contribution in [1.82, 2.24) is 0 Å². The molecule has 1 aromatic heterocycles. The van der Waals surface area contributed by atoms with Crippen molar-refractivity contribution in [3.05, 3.63) is 29.0 Å². The predicted molar refractivity (Wildman–Crippen MR) is 192 cm³/mol. The molecule has 0 saturated carbocycles. The summed E-state index contributed by atoms with van der Waals surface area (Å²) in [5.41, 5.74) is 2.55. The maximum atomic E-state index is 11.6. The van der Waals surface area contributed by atoms with Crippen molar-refractivity contribution in [3.63, 3.8) is 0 Å². The van der Waals surface area contributed by atoms with Gasteiger partial charge in [0.1, 0.15) is 11.3 Å². The molecule has 4 rings (SSSR count). The molecule has 7 nitrogen and oxygen atoms in total. The molecule has 0 amide bonds. The molecule has 262 valence electrons. The van der Waals surface area contributed by atoms with Crippen LogP contribution in [0.3, 0.4) is 0 Å². The fourth-order valence-electron chi connectivity index (χ4n) is 6.57. The van der Waals surface area contributed by atoms with Crippen LogP contribution in [0.4, 0.5) is 0 Å². The lowest BCUT2D eigenvalue weighted by Gasteiger charge is -2.46. The van der Waals surface area contributed by atoms with Gasteiger partial charge in [0.25, 0.3) is 0 Å². The van der Waals surface area contributed by atoms with Gasteiger partial charge in [-0.1, -0.05) is 75.7 Å². The second kappa shape index (κ2) is 13.3. The molecule has 2 fully saturated rings. The number of aliphatic hydroxyl groups excluding tert-OH is 1. The molecule has 1 aromatic carbocycles. The topological polar surface area (TPSA) is 93.8 Å². The molecular formula is C37H64O7Si2. The zero-order valence-electron chi connectivity index (χ0n) is 31.3. The number of rotatable bonds is 12. The second-order valence-corrected chi connectivity index (χ2v) is 27.0. The van der Waals surface area contributed by atoms with Gasteiger partial charge in [-0.25, -0.2) is 0 Å². The standard InChI is InChI=1S/C37H64O7Si2/c1-15-17-25(29-20-31(44-46(13,14)36(8,9)10)37(34(39)42-29)30(16-2)43-37)27-21-40-33-26(27)19-24(18-23(3)4)32(38)28(33)22-41-45(11,12)35(5,6)7/h19,21,23,25,29-31,34,38-39H,15-18,20,22H2,1-14H3/t25?,29-,30-,31+,34-,37-/m1/s1. The van der Waals surface area contributed by atoms with Gasteiger partial charge in [-0.2, -0.15) is 0 Å². The number of benzene rings is 1. The summed E-state index contributed by atoms with van der Waals surface area (Å²) in [4.78, 5) is 0. The van der Waals surface area contributed by atoms with Gasteiger partial charge < -0.3 is 33.0 Å². The molecule has 46 heavy (non-hydrogen) atoms. The third-order valence-electron chi connectivity index (χ3n) is 11.5. The van der Waals surface area contributed by atoms with Gasteiger partial charge in [0.05, 0.1) is 36.7 Å². The van der Waals surface area contributed by atoms with Gasteiger partial charge in [-0.3, -0.25) is 0 Å². The van der Waals surface area contributed by atoms with Crippen LogP contribution in [0.1, 0.15) is 118 Å². The number of epoxide rings is 1. The maximum absolute atomic E-state index is 11.6. The fourth-order valence-corrected chi connectivity index (χ4v) is 8.86. The van der Waals surface area contributed by atoms with Crippen LogP contribution in [0.15, 0.2) is 16.7 Å². The Labute approximate surface area is 281 Å². The number of hydrogen-bond donors (Lipinski definition) is 2. The Bertz CT molecular complexity index is 1350. The lowest BCUT2D eigenvalue weighted by molar-refractivity contribution is -0.234. The van der Waals surface area contributed by atoms with Crippen LogP contribution in [0.25, 0.3) is 11.0 Å². The van der Waals surface area contributed by atoms with Crippen LogP contribution >= 0.6 is 0 Å². The smallest absolute Gasteiger partial charge is 0.192 e. The lowest BCUT2D eigenvalue weighted by atomic mass is 9.80. The summed E-state index contributed by atoms with van der Waals surface area (Å²) in [7, 11) is -4.28. The summed E-state index contributed by atoms with van der Waals surface area (Å²) in [6, 6.07) is 2.11. The number of fused-ring (bicyclic) bond motifs is 1. The van der Waals surface area contributed by atoms with Gasteiger partial charge >= 0.3 is 0 Å². The van der Waals surface area contributed by atoms with E-state index in [-0.39, 0.29) is 40.1 Å². The minimum absolute atomic E-state index is 0.0187. The number of phenols is 1. The molecule has 0 bridgehead atoms. The molecule has 1 unspecified atom stereocenters. The third kappa shape index (κ3) is 7.07. The van der Waals surface area contributed by atoms with Crippen molar-refractivity contribution < 1.29 is 33.0 Å². The summed E-state index contributed by atoms with van der Waals surface area (Å²) < 4.78 is 32.9. The highest BCUT2D eigenvalue weighted by atomic mass is 28.4. The number of phenolic OH excluding ortho intramolecular Hbond substituents is 1. The average molecular weight is 677 g/mol. The first-order chi connectivity index (χ1) is 21.1. The molecule has 2 saturated heterocycles. The highest BCUT2D eigenvalue weighted by Crippen LogP contribution is 2.55. The summed E-state index contributed by atoms with van der Waals surface area (Å²) >= 11 is 0. The van der Waals surface area contributed by atoms with Crippen molar-refractivity contribution in [2.24, 2.45) is 5.92 Å². The molecule has 2 N–H and O–H groups in total. The van der Waals surface area contributed by atoms with E-state index in [0.717, 1.165) is 47.8 Å². The zero-order valence-corrected chi connectivity index (χ0v) is 33.3. The predicted octanol–water partition coefficient (Wildman–Crippen LogP) is 9.79. The monoisotopic (exact) mass is 676 g/mol. The highest BCUT2D eigenvalue weighted by Gasteiger charge is 2.70. The molecule has 9 heteroatoms. The molecule has 1 spiro atoms. The van der Waals surface area contributed by atoms with E-state index in [1.807, 2.05) is 6.26 Å². The number of aromatic hydroxyl groups is 1. The largest absolute Gasteiger partial charge is 0.507 e. The SMILES string of the molecule is CCCC(c1coc2c(CO[Si](C)(C)C(C)(C)C)c(O)c(CC(C)C)cc12)[C@H]1C[C@H](O[Si](C)(C)C(C)(C)C)[C@@]2(O[C@@H]2CC)[C@H](O)O1. The lowest BCUT2D eigenvalue weighted by Crippen LogP contribution is -2.58. The summed E-state index contributed by atoms with van der Waals surface area (Å²) in [5.74, 6) is 0.609. The van der Waals surface area contributed by atoms with Crippen LogP contribution in [0.2, 0.25) is 36.3 Å². The highest BCUT2D eigenvalue weighted by molar-refractivity contribution is 6.74. The first-order valence-corrected chi connectivity index (χ1v) is 23.5. The van der Waals surface area contributed by atoms with Crippen molar-refractivity contribution >= 4 is 27.6 Å². The van der Waals surface area contributed by atoms with Crippen LogP contribution in [-0.4, -0.2) is 57.1 Å². The molecule has 3 heterocycles. The van der Waals surface area contributed by atoms with Crippen LogP contribution in [-0.2, 0) is 31.4 Å². The van der Waals surface area contributed by atoms with Gasteiger partial charge in [0.15, 0.2) is 28.5 Å². The van der Waals surface area contributed by atoms with E-state index < -0.39 is 28.5 Å². The quantitative estimate of drug-likeness (QED) is 0.171. The first kappa shape index (κ1) is 37.6. The number of furan rings is 1. The zero-order chi connectivity index (χ0) is 34.6. The van der Waals surface area contributed by atoms with E-state index >= 15 is 0 Å². The van der Waals surface area contributed by atoms with E-state index in [4.69, 9.17) is 22.7 Å². The number of aliphatic hydroxyl groups is 1. The van der Waals surface area contributed by atoms with Gasteiger partial charge in [0, 0.05) is 23.3 Å². The number of hydrogen-bond acceptors (Lipinski definition) is 7. The van der Waals surface area contributed by atoms with E-state index in [0.29, 0.717) is 24.5 Å². The first-order valence-electron chi connectivity index (χ1n) is 17.7. The van der Waals surface area contributed by atoms with Crippen molar-refractivity contribution in [1.29, 1.82) is 0 Å². The van der Waals surface area contributed by atoms with Gasteiger partial charge in [0.2, 0.25) is 0 Å². The van der Waals surface area contributed by atoms with Crippen molar-refractivity contribution in [2.75, 3.05) is 0 Å². The Morgan fingerprint density at radius 1 is 1.02 bits per heavy atom. The molecule has 6 atom stereocenters. The number of ether oxygens (including phenoxy) is 2. The fraction of sp³-hybridized carbons (Fsp3) is 0.784. The van der Waals surface area contributed by atoms with Crippen LogP contribution in [0.5, 0.6) is 5.75 Å². The van der Waals surface area contributed by atoms with Crippen molar-refractivity contribution in [3.8, 4) is 5.75 Å². The van der Waals surface area contributed by atoms with Crippen LogP contribution in [0, 0.1) is 5.92 Å².